The number of hydrogen-bond donors (Lipinski definition) is 2. The molecule has 24 heavy (non-hydrogen) atoms. The van der Waals surface area contributed by atoms with Crippen molar-refractivity contribution in [1.29, 1.82) is 0 Å². The maximum Gasteiger partial charge on any atom is 0.223 e. The number of nitrogens with one attached hydrogen (secondary N) is 2. The lowest BCUT2D eigenvalue weighted by Gasteiger charge is -2.27. The first-order valence-electron chi connectivity index (χ1n) is 8.60. The van der Waals surface area contributed by atoms with E-state index in [4.69, 9.17) is 11.6 Å². The molecule has 0 radical (unpaired) electrons. The van der Waals surface area contributed by atoms with Gasteiger partial charge in [0.25, 0.3) is 0 Å². The number of rotatable bonds is 3. The summed E-state index contributed by atoms with van der Waals surface area (Å²) in [7, 11) is 0. The maximum atomic E-state index is 12.8. The first-order chi connectivity index (χ1) is 11.5. The summed E-state index contributed by atoms with van der Waals surface area (Å²) < 4.78 is 1.95. The number of pyridine rings is 1. The molecule has 2 aromatic rings. The van der Waals surface area contributed by atoms with Gasteiger partial charge in [-0.3, -0.25) is 4.79 Å². The highest BCUT2D eigenvalue weighted by Crippen LogP contribution is 2.39. The molecule has 2 aliphatic rings. The van der Waals surface area contributed by atoms with Crippen LogP contribution in [0.15, 0.2) is 24.5 Å². The van der Waals surface area contributed by atoms with Crippen molar-refractivity contribution in [3.05, 3.63) is 35.4 Å². The Balaban J connectivity index is 1.54. The Kier molecular flexibility index (Phi) is 3.81. The van der Waals surface area contributed by atoms with Crippen molar-refractivity contribution in [2.45, 2.75) is 32.2 Å². The van der Waals surface area contributed by atoms with Crippen molar-refractivity contribution in [2.24, 2.45) is 17.8 Å². The molecule has 1 aliphatic carbocycles. The summed E-state index contributed by atoms with van der Waals surface area (Å²) in [5.74, 6) is 2.39. The van der Waals surface area contributed by atoms with E-state index in [1.165, 1.54) is 0 Å². The molecule has 0 spiro atoms. The molecule has 2 N–H and O–H groups in total. The average Bonchev–Trinajstić information content (AvgIpc) is 3.21. The van der Waals surface area contributed by atoms with Gasteiger partial charge in [-0.25, -0.2) is 4.98 Å². The van der Waals surface area contributed by atoms with Gasteiger partial charge in [-0.05, 0) is 63.7 Å². The number of hydrogen-bond acceptors (Lipinski definition) is 3. The fourth-order valence-corrected chi connectivity index (χ4v) is 4.51. The fraction of sp³-hybridized carbons (Fsp3) is 0.556. The van der Waals surface area contributed by atoms with E-state index >= 15 is 0 Å². The molecular formula is C18H23ClN4O. The van der Waals surface area contributed by atoms with E-state index < -0.39 is 5.54 Å². The zero-order chi connectivity index (χ0) is 16.9. The van der Waals surface area contributed by atoms with E-state index in [2.05, 4.69) is 15.6 Å². The number of carbonyl (C=O) groups excluding carboxylic acids is 1. The molecule has 1 unspecified atom stereocenters. The van der Waals surface area contributed by atoms with E-state index in [-0.39, 0.29) is 11.8 Å². The van der Waals surface area contributed by atoms with Gasteiger partial charge in [0.2, 0.25) is 5.91 Å². The van der Waals surface area contributed by atoms with Crippen molar-refractivity contribution in [3.63, 3.8) is 0 Å². The van der Waals surface area contributed by atoms with Gasteiger partial charge >= 0.3 is 0 Å². The molecule has 0 bridgehead atoms. The highest BCUT2D eigenvalue weighted by molar-refractivity contribution is 6.33. The van der Waals surface area contributed by atoms with Crippen LogP contribution in [0.1, 0.15) is 32.5 Å². The van der Waals surface area contributed by atoms with Crippen molar-refractivity contribution < 1.29 is 4.79 Å². The van der Waals surface area contributed by atoms with Crippen LogP contribution in [0.4, 0.5) is 0 Å². The normalized spacial score (nSPS) is 26.7. The molecule has 3 atom stereocenters. The number of imidazole rings is 1. The van der Waals surface area contributed by atoms with Crippen LogP contribution in [0.2, 0.25) is 5.02 Å². The van der Waals surface area contributed by atoms with Gasteiger partial charge in [0.05, 0.1) is 22.3 Å². The molecule has 1 aliphatic heterocycles. The van der Waals surface area contributed by atoms with Gasteiger partial charge in [-0.1, -0.05) is 11.6 Å². The van der Waals surface area contributed by atoms with Crippen molar-refractivity contribution in [3.8, 4) is 0 Å². The lowest BCUT2D eigenvalue weighted by atomic mass is 9.99. The Morgan fingerprint density at radius 1 is 1.38 bits per heavy atom. The number of aromatic nitrogens is 2. The highest BCUT2D eigenvalue weighted by Gasteiger charge is 2.41. The van der Waals surface area contributed by atoms with Crippen LogP contribution < -0.4 is 10.6 Å². The standard InChI is InChI=1S/C18H23ClN4O/c1-18(2,17-21-10-15-14(19)4-3-5-23(15)17)22-16(24)11-6-12-8-20-9-13(12)7-11/h3-5,10-13,20H,6-9H2,1-2H3,(H,22,24)/t11?,12-,13+. The van der Waals surface area contributed by atoms with Crippen molar-refractivity contribution in [2.75, 3.05) is 13.1 Å². The molecule has 1 amide bonds. The summed E-state index contributed by atoms with van der Waals surface area (Å²) in [5, 5.41) is 7.30. The summed E-state index contributed by atoms with van der Waals surface area (Å²) in [6.07, 6.45) is 5.68. The number of fused-ring (bicyclic) bond motifs is 2. The number of nitrogens with zero attached hydrogens (tertiary/aromatic N) is 2. The van der Waals surface area contributed by atoms with Gasteiger partial charge in [0, 0.05) is 12.1 Å². The SMILES string of the molecule is CC(C)(NC(=O)C1C[C@H]2CNC[C@H]2C1)c1ncc2c(Cl)cccn12. The molecule has 2 aromatic heterocycles. The lowest BCUT2D eigenvalue weighted by molar-refractivity contribution is -0.126. The Hall–Kier alpha value is -1.59. The van der Waals surface area contributed by atoms with E-state index in [9.17, 15) is 4.79 Å². The van der Waals surface area contributed by atoms with Crippen LogP contribution in [0.3, 0.4) is 0 Å². The molecule has 2 fully saturated rings. The second-order valence-corrected chi connectivity index (χ2v) is 8.06. The largest absolute Gasteiger partial charge is 0.344 e. The summed E-state index contributed by atoms with van der Waals surface area (Å²) >= 11 is 6.23. The van der Waals surface area contributed by atoms with Crippen LogP contribution in [-0.4, -0.2) is 28.4 Å². The molecule has 1 saturated heterocycles. The third-order valence-corrected chi connectivity index (χ3v) is 5.86. The van der Waals surface area contributed by atoms with Crippen LogP contribution in [0.5, 0.6) is 0 Å². The molecule has 1 saturated carbocycles. The van der Waals surface area contributed by atoms with E-state index in [0.29, 0.717) is 16.9 Å². The Morgan fingerprint density at radius 3 is 2.79 bits per heavy atom. The number of halogens is 1. The van der Waals surface area contributed by atoms with Crippen LogP contribution in [-0.2, 0) is 10.3 Å². The molecule has 0 aromatic carbocycles. The summed E-state index contributed by atoms with van der Waals surface area (Å²) in [4.78, 5) is 17.3. The Labute approximate surface area is 146 Å². The minimum absolute atomic E-state index is 0.121. The Morgan fingerprint density at radius 2 is 2.08 bits per heavy atom. The quantitative estimate of drug-likeness (QED) is 0.898. The summed E-state index contributed by atoms with van der Waals surface area (Å²) in [6, 6.07) is 3.74. The number of amides is 1. The van der Waals surface area contributed by atoms with Gasteiger partial charge in [-0.2, -0.15) is 0 Å². The molecule has 128 valence electrons. The topological polar surface area (TPSA) is 58.4 Å². The molecule has 4 rings (SSSR count). The number of carbonyl (C=O) groups is 1. The van der Waals surface area contributed by atoms with Gasteiger partial charge < -0.3 is 15.0 Å². The highest BCUT2D eigenvalue weighted by atomic mass is 35.5. The van der Waals surface area contributed by atoms with Crippen LogP contribution in [0, 0.1) is 17.8 Å². The van der Waals surface area contributed by atoms with Gasteiger partial charge in [0.15, 0.2) is 0 Å². The van der Waals surface area contributed by atoms with E-state index in [1.54, 1.807) is 6.20 Å². The predicted molar refractivity (Wildman–Crippen MR) is 93.9 cm³/mol. The van der Waals surface area contributed by atoms with Crippen LogP contribution in [0.25, 0.3) is 5.52 Å². The zero-order valence-electron chi connectivity index (χ0n) is 14.1. The second kappa shape index (κ2) is 5.74. The maximum absolute atomic E-state index is 12.8. The fourth-order valence-electron chi connectivity index (χ4n) is 4.30. The minimum Gasteiger partial charge on any atom is -0.344 e. The predicted octanol–water partition coefficient (Wildman–Crippen LogP) is 2.58. The first-order valence-corrected chi connectivity index (χ1v) is 8.98. The molecular weight excluding hydrogens is 324 g/mol. The monoisotopic (exact) mass is 346 g/mol. The minimum atomic E-state index is -0.551. The molecule has 6 heteroatoms. The third-order valence-electron chi connectivity index (χ3n) is 5.54. The first kappa shape index (κ1) is 15.9. The molecule has 5 nitrogen and oxygen atoms in total. The van der Waals surface area contributed by atoms with Gasteiger partial charge in [-0.15, -0.1) is 0 Å². The third kappa shape index (κ3) is 2.60. The lowest BCUT2D eigenvalue weighted by Crippen LogP contribution is -2.45. The zero-order valence-corrected chi connectivity index (χ0v) is 14.8. The summed E-state index contributed by atoms with van der Waals surface area (Å²) in [6.45, 7) is 6.11. The molecule has 3 heterocycles. The van der Waals surface area contributed by atoms with Crippen LogP contribution >= 0.6 is 11.6 Å². The smallest absolute Gasteiger partial charge is 0.223 e. The van der Waals surface area contributed by atoms with Crippen molar-refractivity contribution >= 4 is 23.0 Å². The van der Waals surface area contributed by atoms with E-state index in [0.717, 1.165) is 37.3 Å². The average molecular weight is 347 g/mol. The van der Waals surface area contributed by atoms with E-state index in [1.807, 2.05) is 36.6 Å². The second-order valence-electron chi connectivity index (χ2n) is 7.65. The van der Waals surface area contributed by atoms with Crippen molar-refractivity contribution in [1.82, 2.24) is 20.0 Å². The Bertz CT molecular complexity index is 772. The van der Waals surface area contributed by atoms with Gasteiger partial charge in [0.1, 0.15) is 5.82 Å². The summed E-state index contributed by atoms with van der Waals surface area (Å²) in [5.41, 5.74) is 0.308.